The van der Waals surface area contributed by atoms with Crippen molar-refractivity contribution >= 4 is 39.5 Å². The Bertz CT molecular complexity index is 2100. The summed E-state index contributed by atoms with van der Waals surface area (Å²) < 4.78 is 69.0. The van der Waals surface area contributed by atoms with Gasteiger partial charge in [-0.25, -0.2) is 9.13 Å². The molecule has 17 nitrogen and oxygen atoms in total. The summed E-state index contributed by atoms with van der Waals surface area (Å²) in [4.78, 5) is 73.4. The lowest BCUT2D eigenvalue weighted by molar-refractivity contribution is -0.161. The van der Waals surface area contributed by atoms with Gasteiger partial charge in [0.05, 0.1) is 26.4 Å². The van der Waals surface area contributed by atoms with Crippen molar-refractivity contribution in [2.45, 2.75) is 497 Å². The topological polar surface area (TPSA) is 237 Å². The number of ether oxygens (including phenoxy) is 4. The van der Waals surface area contributed by atoms with Crippen molar-refractivity contribution in [3.8, 4) is 0 Å². The van der Waals surface area contributed by atoms with E-state index in [1.54, 1.807) is 0 Å². The highest BCUT2D eigenvalue weighted by molar-refractivity contribution is 7.47. The van der Waals surface area contributed by atoms with Gasteiger partial charge in [-0.3, -0.25) is 37.3 Å². The molecule has 6 atom stereocenters. The Morgan fingerprint density at radius 2 is 0.468 bits per heavy atom. The largest absolute Gasteiger partial charge is 0.472 e. The van der Waals surface area contributed by atoms with Crippen molar-refractivity contribution in [3.63, 3.8) is 0 Å². The van der Waals surface area contributed by atoms with Crippen LogP contribution in [0.1, 0.15) is 479 Å². The molecule has 3 N–H and O–H groups in total. The Morgan fingerprint density at radius 1 is 0.266 bits per heavy atom. The highest BCUT2D eigenvalue weighted by atomic mass is 31.2. The van der Waals surface area contributed by atoms with Gasteiger partial charge in [0.15, 0.2) is 12.2 Å². The number of phosphoric acid groups is 2. The normalized spacial score (nSPS) is 14.1. The number of aliphatic hydroxyl groups excluding tert-OH is 1. The Morgan fingerprint density at radius 3 is 0.697 bits per heavy atom. The third-order valence-corrected chi connectivity index (χ3v) is 23.4. The molecule has 0 aromatic rings. The number of unbranched alkanes of at least 4 members (excludes halogenated alkanes) is 55. The molecule has 0 spiro atoms. The van der Waals surface area contributed by atoms with Crippen LogP contribution in [0.5, 0.6) is 0 Å². The molecule has 0 aliphatic rings. The Kier molecular flexibility index (Phi) is 78.5. The first-order valence-corrected chi connectivity index (χ1v) is 49.4. The van der Waals surface area contributed by atoms with Crippen LogP contribution in [0.4, 0.5) is 0 Å². The number of aliphatic hydroxyl groups is 1. The molecule has 648 valence electrons. The summed E-state index contributed by atoms with van der Waals surface area (Å²) in [7, 11) is -9.94. The van der Waals surface area contributed by atoms with Crippen LogP contribution in [0.2, 0.25) is 0 Å². The minimum absolute atomic E-state index is 0.107. The van der Waals surface area contributed by atoms with Crippen molar-refractivity contribution < 1.29 is 80.2 Å². The van der Waals surface area contributed by atoms with Crippen LogP contribution in [0.3, 0.4) is 0 Å². The third-order valence-electron chi connectivity index (χ3n) is 21.5. The van der Waals surface area contributed by atoms with Gasteiger partial charge in [-0.2, -0.15) is 0 Å². The van der Waals surface area contributed by atoms with E-state index in [0.29, 0.717) is 25.7 Å². The quantitative estimate of drug-likeness (QED) is 0.0222. The molecule has 0 radical (unpaired) electrons. The second-order valence-corrected chi connectivity index (χ2v) is 36.4. The zero-order chi connectivity index (χ0) is 80.0. The number of rotatable bonds is 88. The molecule has 109 heavy (non-hydrogen) atoms. The van der Waals surface area contributed by atoms with Crippen LogP contribution < -0.4 is 0 Å². The molecular formula is C90H176O17P2. The summed E-state index contributed by atoms with van der Waals surface area (Å²) in [6.07, 6.45) is 72.3. The monoisotopic (exact) mass is 1590 g/mol. The summed E-state index contributed by atoms with van der Waals surface area (Å²) in [6, 6.07) is 0. The predicted octanol–water partition coefficient (Wildman–Crippen LogP) is 27.6. The maximum atomic E-state index is 13.2. The molecule has 0 saturated heterocycles. The molecule has 0 aromatic heterocycles. The number of esters is 4. The van der Waals surface area contributed by atoms with Gasteiger partial charge < -0.3 is 33.8 Å². The zero-order valence-electron chi connectivity index (χ0n) is 72.0. The van der Waals surface area contributed by atoms with E-state index in [4.69, 9.17) is 37.0 Å². The molecule has 0 aliphatic carbocycles. The highest BCUT2D eigenvalue weighted by Gasteiger charge is 2.31. The maximum Gasteiger partial charge on any atom is 0.472 e. The average Bonchev–Trinajstić information content (AvgIpc) is 0.899. The van der Waals surface area contributed by atoms with E-state index < -0.39 is 97.5 Å². The van der Waals surface area contributed by atoms with Gasteiger partial charge in [-0.15, -0.1) is 0 Å². The lowest BCUT2D eigenvalue weighted by Gasteiger charge is -2.21. The smallest absolute Gasteiger partial charge is 0.462 e. The van der Waals surface area contributed by atoms with E-state index in [1.807, 2.05) is 0 Å². The van der Waals surface area contributed by atoms with Crippen LogP contribution in [0, 0.1) is 17.8 Å². The van der Waals surface area contributed by atoms with Crippen LogP contribution in [-0.2, 0) is 65.4 Å². The van der Waals surface area contributed by atoms with Gasteiger partial charge in [0.25, 0.3) is 0 Å². The summed E-state index contributed by atoms with van der Waals surface area (Å²) >= 11 is 0. The number of hydrogen-bond donors (Lipinski definition) is 3. The fourth-order valence-corrected chi connectivity index (χ4v) is 15.6. The fourth-order valence-electron chi connectivity index (χ4n) is 14.0. The molecule has 0 bridgehead atoms. The van der Waals surface area contributed by atoms with Crippen molar-refractivity contribution in [1.29, 1.82) is 0 Å². The van der Waals surface area contributed by atoms with Crippen LogP contribution in [0.15, 0.2) is 0 Å². The summed E-state index contributed by atoms with van der Waals surface area (Å²) in [5.41, 5.74) is 0. The second kappa shape index (κ2) is 79.9. The molecular weight excluding hydrogens is 1410 g/mol. The van der Waals surface area contributed by atoms with Gasteiger partial charge in [0, 0.05) is 25.7 Å². The first kappa shape index (κ1) is 107. The standard InChI is InChI=1S/C90H176O17P2/c1-8-10-11-12-13-14-15-16-17-18-19-20-21-25-28-31-37-42-50-57-64-71-87(92)100-77-85(106-89(94)73-66-59-52-43-38-32-29-26-23-22-24-27-30-35-40-47-54-61-68-81(3)4)79-104-108(96,97)102-75-84(91)76-103-109(98,99)105-80-86(78-101-88(93)72-65-58-51-46-45-49-56-63-70-83(7)9-2)107-90(95)74-67-60-53-44-39-34-33-36-41-48-55-62-69-82(5)6/h81-86,91H,8-80H2,1-7H3,(H,96,97)(H,98,99)/t83?,84-,85-,86-/m1/s1. The summed E-state index contributed by atoms with van der Waals surface area (Å²) in [5.74, 6) is 0.274. The lowest BCUT2D eigenvalue weighted by Crippen LogP contribution is -2.30. The third kappa shape index (κ3) is 82.4. The second-order valence-electron chi connectivity index (χ2n) is 33.5. The molecule has 0 amide bonds. The first-order chi connectivity index (χ1) is 52.8. The van der Waals surface area contributed by atoms with Crippen LogP contribution in [0.25, 0.3) is 0 Å². The van der Waals surface area contributed by atoms with Gasteiger partial charge in [0.1, 0.15) is 19.3 Å². The Hall–Kier alpha value is -1.94. The van der Waals surface area contributed by atoms with Gasteiger partial charge in [-0.1, -0.05) is 427 Å². The SMILES string of the molecule is CCCCCCCCCCCCCCCCCCCCCCCC(=O)OC[C@H](COP(=O)(O)OC[C@@H](O)COP(=O)(O)OC[C@@H](COC(=O)CCCCCCCCCCC(C)CC)OC(=O)CCCCCCCCCCCCCCC(C)C)OC(=O)CCCCCCCCCCCCCCCCCCCCC(C)C. The molecule has 0 aromatic carbocycles. The summed E-state index contributed by atoms with van der Waals surface area (Å²) in [6.45, 7) is 12.0. The molecule has 0 saturated carbocycles. The number of hydrogen-bond acceptors (Lipinski definition) is 15. The van der Waals surface area contributed by atoms with Gasteiger partial charge >= 0.3 is 39.5 Å². The Labute approximate surface area is 670 Å². The molecule has 0 aliphatic heterocycles. The maximum absolute atomic E-state index is 13.2. The summed E-state index contributed by atoms with van der Waals surface area (Å²) in [5, 5.41) is 10.7. The minimum atomic E-state index is -4.97. The van der Waals surface area contributed by atoms with E-state index in [2.05, 4.69) is 48.5 Å². The predicted molar refractivity (Wildman–Crippen MR) is 451 cm³/mol. The molecule has 0 rings (SSSR count). The molecule has 3 unspecified atom stereocenters. The van der Waals surface area contributed by atoms with Crippen molar-refractivity contribution in [1.82, 2.24) is 0 Å². The number of carbonyl (C=O) groups excluding carboxylic acids is 4. The van der Waals surface area contributed by atoms with Gasteiger partial charge in [-0.05, 0) is 43.4 Å². The molecule has 0 heterocycles. The Balaban J connectivity index is 5.24. The van der Waals surface area contributed by atoms with Crippen LogP contribution in [-0.4, -0.2) is 96.7 Å². The van der Waals surface area contributed by atoms with E-state index in [-0.39, 0.29) is 25.7 Å². The van der Waals surface area contributed by atoms with E-state index in [1.165, 1.54) is 289 Å². The van der Waals surface area contributed by atoms with Crippen LogP contribution >= 0.6 is 15.6 Å². The van der Waals surface area contributed by atoms with E-state index >= 15 is 0 Å². The van der Waals surface area contributed by atoms with Gasteiger partial charge in [0.2, 0.25) is 0 Å². The van der Waals surface area contributed by atoms with Crippen molar-refractivity contribution in [2.75, 3.05) is 39.6 Å². The minimum Gasteiger partial charge on any atom is -0.462 e. The first-order valence-electron chi connectivity index (χ1n) is 46.4. The van der Waals surface area contributed by atoms with Crippen molar-refractivity contribution in [2.24, 2.45) is 17.8 Å². The number of phosphoric ester groups is 2. The molecule has 19 heteroatoms. The lowest BCUT2D eigenvalue weighted by atomic mass is 9.99. The van der Waals surface area contributed by atoms with E-state index in [9.17, 15) is 43.2 Å². The molecule has 0 fully saturated rings. The van der Waals surface area contributed by atoms with E-state index in [0.717, 1.165) is 108 Å². The highest BCUT2D eigenvalue weighted by Crippen LogP contribution is 2.45. The average molecular weight is 1590 g/mol. The number of carbonyl (C=O) groups is 4. The zero-order valence-corrected chi connectivity index (χ0v) is 73.8. The van der Waals surface area contributed by atoms with Crippen molar-refractivity contribution in [3.05, 3.63) is 0 Å². The fraction of sp³-hybridized carbons (Fsp3) is 0.956.